The first kappa shape index (κ1) is 17.2. The van der Waals surface area contributed by atoms with Crippen molar-refractivity contribution >= 4 is 11.7 Å². The Morgan fingerprint density at radius 1 is 0.963 bits per heavy atom. The molecule has 0 unspecified atom stereocenters. The number of aromatic nitrogens is 2. The Labute approximate surface area is 158 Å². The molecule has 136 valence electrons. The number of benzene rings is 2. The first-order valence-corrected chi connectivity index (χ1v) is 9.20. The van der Waals surface area contributed by atoms with Gasteiger partial charge in [0.15, 0.2) is 5.78 Å². The Morgan fingerprint density at radius 2 is 1.70 bits per heavy atom. The fourth-order valence-electron chi connectivity index (χ4n) is 3.62. The second-order valence-electron chi connectivity index (χ2n) is 6.88. The number of nitrogens with zero attached hydrogens (tertiary/aromatic N) is 2. The van der Waals surface area contributed by atoms with Crippen LogP contribution in [0.5, 0.6) is 0 Å². The number of aromatic amines is 1. The van der Waals surface area contributed by atoms with Gasteiger partial charge in [0.2, 0.25) is 0 Å². The maximum atomic E-state index is 12.9. The zero-order valence-electron chi connectivity index (χ0n) is 15.0. The quantitative estimate of drug-likeness (QED) is 0.720. The van der Waals surface area contributed by atoms with E-state index in [1.165, 1.54) is 6.20 Å². The number of likely N-dealkylation sites (tertiary alicyclic amines) is 1. The van der Waals surface area contributed by atoms with Crippen molar-refractivity contribution in [2.24, 2.45) is 5.92 Å². The summed E-state index contributed by atoms with van der Waals surface area (Å²) in [6.45, 7) is 1.14. The van der Waals surface area contributed by atoms with Crippen LogP contribution >= 0.6 is 0 Å². The number of carbonyl (C=O) groups is 2. The number of rotatable bonds is 4. The minimum Gasteiger partial charge on any atom is -0.338 e. The van der Waals surface area contributed by atoms with Gasteiger partial charge in [-0.2, -0.15) is 5.10 Å². The van der Waals surface area contributed by atoms with Crippen LogP contribution in [-0.4, -0.2) is 39.9 Å². The molecule has 27 heavy (non-hydrogen) atoms. The van der Waals surface area contributed by atoms with E-state index in [4.69, 9.17) is 0 Å². The van der Waals surface area contributed by atoms with Gasteiger partial charge < -0.3 is 4.90 Å². The van der Waals surface area contributed by atoms with Crippen LogP contribution in [0.15, 0.2) is 67.0 Å². The molecule has 1 N–H and O–H groups in total. The fourth-order valence-corrected chi connectivity index (χ4v) is 3.62. The maximum absolute atomic E-state index is 12.9. The lowest BCUT2D eigenvalue weighted by Gasteiger charge is -2.31. The number of Topliss-reactive ketones (excluding diaryl/α,β-unsaturated/α-hetero) is 1. The van der Waals surface area contributed by atoms with E-state index in [-0.39, 0.29) is 17.6 Å². The average Bonchev–Trinajstić information content (AvgIpc) is 3.28. The second-order valence-corrected chi connectivity index (χ2v) is 6.88. The molecule has 1 aromatic heterocycles. The Kier molecular flexibility index (Phi) is 4.83. The van der Waals surface area contributed by atoms with Crippen LogP contribution in [0.25, 0.3) is 11.1 Å². The van der Waals surface area contributed by atoms with Gasteiger partial charge in [-0.3, -0.25) is 14.7 Å². The smallest absolute Gasteiger partial charge is 0.257 e. The minimum absolute atomic E-state index is 0.0688. The summed E-state index contributed by atoms with van der Waals surface area (Å²) in [6, 6.07) is 17.8. The number of piperidine rings is 1. The first-order chi connectivity index (χ1) is 13.2. The monoisotopic (exact) mass is 359 g/mol. The van der Waals surface area contributed by atoms with E-state index < -0.39 is 0 Å². The predicted molar refractivity (Wildman–Crippen MR) is 103 cm³/mol. The van der Waals surface area contributed by atoms with Crippen molar-refractivity contribution in [1.29, 1.82) is 0 Å². The van der Waals surface area contributed by atoms with E-state index in [1.54, 1.807) is 11.1 Å². The molecular formula is C22H21N3O2. The van der Waals surface area contributed by atoms with Gasteiger partial charge in [0.25, 0.3) is 5.91 Å². The largest absolute Gasteiger partial charge is 0.338 e. The highest BCUT2D eigenvalue weighted by molar-refractivity contribution is 5.99. The molecular weight excluding hydrogens is 338 g/mol. The third-order valence-corrected chi connectivity index (χ3v) is 5.10. The Balaban J connectivity index is 1.46. The average molecular weight is 359 g/mol. The summed E-state index contributed by atoms with van der Waals surface area (Å²) in [5, 5.41) is 6.50. The summed E-state index contributed by atoms with van der Waals surface area (Å²) in [7, 11) is 0. The molecule has 1 saturated heterocycles. The van der Waals surface area contributed by atoms with Crippen molar-refractivity contribution in [3.05, 3.63) is 78.1 Å². The molecule has 2 aromatic carbocycles. The Bertz CT molecular complexity index is 918. The predicted octanol–water partition coefficient (Wildman–Crippen LogP) is 3.81. The molecule has 0 saturated carbocycles. The molecule has 5 nitrogen and oxygen atoms in total. The van der Waals surface area contributed by atoms with Gasteiger partial charge in [0.05, 0.1) is 11.8 Å². The molecule has 5 heteroatoms. The summed E-state index contributed by atoms with van der Waals surface area (Å²) < 4.78 is 0. The van der Waals surface area contributed by atoms with E-state index in [0.717, 1.165) is 24.0 Å². The van der Waals surface area contributed by atoms with Gasteiger partial charge >= 0.3 is 0 Å². The number of amides is 1. The summed E-state index contributed by atoms with van der Waals surface area (Å²) >= 11 is 0. The van der Waals surface area contributed by atoms with E-state index in [0.29, 0.717) is 24.2 Å². The van der Waals surface area contributed by atoms with E-state index in [9.17, 15) is 9.59 Å². The van der Waals surface area contributed by atoms with Gasteiger partial charge in [-0.15, -0.1) is 0 Å². The standard InChI is InChI=1S/C22H21N3O2/c26-21(18-10-8-17(9-11-18)16-5-2-1-3-6-16)19-7-4-12-25(15-19)22(27)20-13-23-24-14-20/h1-3,5-6,8-11,13-14,19H,4,7,12,15H2,(H,23,24)/t19-/m1/s1. The maximum Gasteiger partial charge on any atom is 0.257 e. The highest BCUT2D eigenvalue weighted by Gasteiger charge is 2.29. The number of carbonyl (C=O) groups excluding carboxylic acids is 2. The SMILES string of the molecule is O=C(c1ccc(-c2ccccc2)cc1)[C@@H]1CCCN(C(=O)c2cn[nH]c2)C1. The lowest BCUT2D eigenvalue weighted by atomic mass is 9.89. The molecule has 3 aromatic rings. The summed E-state index contributed by atoms with van der Waals surface area (Å²) in [6.07, 6.45) is 4.77. The van der Waals surface area contributed by atoms with Crippen molar-refractivity contribution in [2.45, 2.75) is 12.8 Å². The van der Waals surface area contributed by atoms with Crippen LogP contribution in [0, 0.1) is 5.92 Å². The minimum atomic E-state index is -0.155. The van der Waals surface area contributed by atoms with Crippen molar-refractivity contribution in [2.75, 3.05) is 13.1 Å². The summed E-state index contributed by atoms with van der Waals surface area (Å²) in [5.74, 6) is -0.114. The number of ketones is 1. The fraction of sp³-hybridized carbons (Fsp3) is 0.227. The molecule has 2 heterocycles. The molecule has 0 spiro atoms. The number of hydrogen-bond acceptors (Lipinski definition) is 3. The van der Waals surface area contributed by atoms with Gasteiger partial charge in [-0.25, -0.2) is 0 Å². The van der Waals surface area contributed by atoms with Crippen LogP contribution in [0.3, 0.4) is 0 Å². The Morgan fingerprint density at radius 3 is 2.41 bits per heavy atom. The van der Waals surface area contributed by atoms with Gasteiger partial charge in [0, 0.05) is 30.8 Å². The van der Waals surface area contributed by atoms with Gasteiger partial charge in [-0.05, 0) is 24.0 Å². The molecule has 1 amide bonds. The highest BCUT2D eigenvalue weighted by atomic mass is 16.2. The third-order valence-electron chi connectivity index (χ3n) is 5.10. The molecule has 0 aliphatic carbocycles. The van der Waals surface area contributed by atoms with Gasteiger partial charge in [-0.1, -0.05) is 54.6 Å². The van der Waals surface area contributed by atoms with Crippen LogP contribution in [0.4, 0.5) is 0 Å². The molecule has 1 aliphatic rings. The Hall–Kier alpha value is -3.21. The normalized spacial score (nSPS) is 16.9. The number of nitrogens with one attached hydrogen (secondary N) is 1. The van der Waals surface area contributed by atoms with Crippen LogP contribution < -0.4 is 0 Å². The molecule has 1 aliphatic heterocycles. The molecule has 0 bridgehead atoms. The van der Waals surface area contributed by atoms with E-state index in [1.807, 2.05) is 42.5 Å². The van der Waals surface area contributed by atoms with E-state index >= 15 is 0 Å². The van der Waals surface area contributed by atoms with Crippen LogP contribution in [-0.2, 0) is 0 Å². The first-order valence-electron chi connectivity index (χ1n) is 9.20. The topological polar surface area (TPSA) is 66.1 Å². The highest BCUT2D eigenvalue weighted by Crippen LogP contribution is 2.24. The zero-order valence-corrected chi connectivity index (χ0v) is 15.0. The van der Waals surface area contributed by atoms with Crippen molar-refractivity contribution < 1.29 is 9.59 Å². The molecule has 4 rings (SSSR count). The molecule has 0 radical (unpaired) electrons. The molecule has 1 atom stereocenters. The van der Waals surface area contributed by atoms with Crippen LogP contribution in [0.1, 0.15) is 33.6 Å². The second kappa shape index (κ2) is 7.58. The van der Waals surface area contributed by atoms with Crippen molar-refractivity contribution in [1.82, 2.24) is 15.1 Å². The lowest BCUT2D eigenvalue weighted by molar-refractivity contribution is 0.0637. The van der Waals surface area contributed by atoms with Crippen LogP contribution in [0.2, 0.25) is 0 Å². The third kappa shape index (κ3) is 3.67. The number of H-pyrrole nitrogens is 1. The zero-order chi connectivity index (χ0) is 18.6. The number of hydrogen-bond donors (Lipinski definition) is 1. The van der Waals surface area contributed by atoms with E-state index in [2.05, 4.69) is 22.3 Å². The summed E-state index contributed by atoms with van der Waals surface area (Å²) in [5.41, 5.74) is 3.46. The lowest BCUT2D eigenvalue weighted by Crippen LogP contribution is -2.42. The summed E-state index contributed by atoms with van der Waals surface area (Å²) in [4.78, 5) is 27.2. The van der Waals surface area contributed by atoms with Crippen molar-refractivity contribution in [3.63, 3.8) is 0 Å². The van der Waals surface area contributed by atoms with Gasteiger partial charge in [0.1, 0.15) is 0 Å². The van der Waals surface area contributed by atoms with Crippen molar-refractivity contribution in [3.8, 4) is 11.1 Å². The molecule has 1 fully saturated rings.